The molecule has 0 atom stereocenters. The van der Waals surface area contributed by atoms with E-state index in [2.05, 4.69) is 15.7 Å². The van der Waals surface area contributed by atoms with Crippen molar-refractivity contribution in [3.05, 3.63) is 75.0 Å². The summed E-state index contributed by atoms with van der Waals surface area (Å²) < 4.78 is 8.59. The van der Waals surface area contributed by atoms with E-state index in [4.69, 9.17) is 4.74 Å². The Morgan fingerprint density at radius 3 is 2.61 bits per heavy atom. The van der Waals surface area contributed by atoms with E-state index < -0.39 is 5.97 Å². The van der Waals surface area contributed by atoms with E-state index in [1.54, 1.807) is 24.3 Å². The lowest BCUT2D eigenvalue weighted by Gasteiger charge is -2.15. The number of ether oxygens (including phenoxy) is 1. The number of rotatable bonds is 7. The van der Waals surface area contributed by atoms with Gasteiger partial charge in [0.15, 0.2) is 12.3 Å². The molecule has 172 valence electrons. The van der Waals surface area contributed by atoms with Crippen LogP contribution in [0, 0.1) is 13.8 Å². The first-order valence-corrected chi connectivity index (χ1v) is 11.4. The molecule has 1 aliphatic rings. The average Bonchev–Trinajstić information content (AvgIpc) is 3.12. The number of hydrogen-bond donors (Lipinski definition) is 0. The van der Waals surface area contributed by atoms with Crippen molar-refractivity contribution in [1.29, 1.82) is 0 Å². The minimum absolute atomic E-state index is 0.0201. The predicted molar refractivity (Wildman–Crippen MR) is 127 cm³/mol. The molecule has 0 spiro atoms. The van der Waals surface area contributed by atoms with E-state index in [0.29, 0.717) is 16.3 Å². The fourth-order valence-corrected chi connectivity index (χ4v) is 4.54. The number of hydrogen-bond acceptors (Lipinski definition) is 5. The molecule has 33 heavy (non-hydrogen) atoms. The Kier molecular flexibility index (Phi) is 6.58. The van der Waals surface area contributed by atoms with E-state index in [1.807, 2.05) is 19.9 Å². The number of benzene rings is 1. The molecule has 7 nitrogen and oxygen atoms in total. The van der Waals surface area contributed by atoms with E-state index >= 15 is 0 Å². The molecule has 0 saturated carbocycles. The van der Waals surface area contributed by atoms with Crippen molar-refractivity contribution in [2.45, 2.75) is 52.5 Å². The van der Waals surface area contributed by atoms with Crippen LogP contribution in [0.2, 0.25) is 0 Å². The van der Waals surface area contributed by atoms with Crippen LogP contribution < -0.4 is 5.56 Å². The van der Waals surface area contributed by atoms with Gasteiger partial charge in [-0.1, -0.05) is 29.8 Å². The van der Waals surface area contributed by atoms with Crippen LogP contribution in [-0.2, 0) is 18.3 Å². The molecule has 0 fully saturated rings. The van der Waals surface area contributed by atoms with E-state index in [9.17, 15) is 14.4 Å². The van der Waals surface area contributed by atoms with Crippen LogP contribution in [0.25, 0.3) is 10.8 Å². The Labute approximate surface area is 192 Å². The fourth-order valence-electron chi connectivity index (χ4n) is 4.54. The molecule has 7 heteroatoms. The van der Waals surface area contributed by atoms with Crippen molar-refractivity contribution in [2.24, 2.45) is 7.05 Å². The summed E-state index contributed by atoms with van der Waals surface area (Å²) >= 11 is 0. The highest BCUT2D eigenvalue weighted by Gasteiger charge is 2.21. The van der Waals surface area contributed by atoms with E-state index in [1.165, 1.54) is 25.5 Å². The van der Waals surface area contributed by atoms with Crippen LogP contribution in [0.15, 0.2) is 46.8 Å². The van der Waals surface area contributed by atoms with Crippen LogP contribution in [0.3, 0.4) is 0 Å². The van der Waals surface area contributed by atoms with Gasteiger partial charge in [0.1, 0.15) is 0 Å². The third-order valence-electron chi connectivity index (χ3n) is 6.40. The molecular formula is C26H29N3O4. The zero-order chi connectivity index (χ0) is 23.5. The zero-order valence-electron chi connectivity index (χ0n) is 19.4. The number of ketones is 1. The first kappa shape index (κ1) is 22.7. The van der Waals surface area contributed by atoms with Gasteiger partial charge in [-0.05, 0) is 58.1 Å². The highest BCUT2D eigenvalue weighted by atomic mass is 16.5. The molecule has 0 bridgehead atoms. The van der Waals surface area contributed by atoms with Crippen LogP contribution in [0.5, 0.6) is 0 Å². The maximum absolute atomic E-state index is 12.9. The number of carbonyl (C=O) groups excluding carboxylic acids is 2. The summed E-state index contributed by atoms with van der Waals surface area (Å²) in [6, 6.07) is 8.60. The Hall–Kier alpha value is -3.48. The average molecular weight is 448 g/mol. The molecule has 0 N–H and O–H groups in total. The lowest BCUT2D eigenvalue weighted by atomic mass is 9.97. The fraction of sp³-hybridized carbons (Fsp3) is 0.385. The minimum Gasteiger partial charge on any atom is -0.452 e. The second-order valence-electron chi connectivity index (χ2n) is 8.62. The number of carbonyl (C=O) groups is 2. The molecule has 0 saturated heterocycles. The Morgan fingerprint density at radius 2 is 1.88 bits per heavy atom. The number of aromatic nitrogens is 3. The summed E-state index contributed by atoms with van der Waals surface area (Å²) in [5.41, 5.74) is 3.69. The molecular weight excluding hydrogens is 418 g/mol. The first-order valence-electron chi connectivity index (χ1n) is 11.4. The SMILES string of the molecule is Cc1cc(C(=O)COC(=O)c2nn(C)c(=O)c3ccccc23)c(C)n1CCC1=CCCCC1. The van der Waals surface area contributed by atoms with Gasteiger partial charge in [-0.2, -0.15) is 5.10 Å². The maximum Gasteiger partial charge on any atom is 0.359 e. The van der Waals surface area contributed by atoms with Crippen LogP contribution in [0.4, 0.5) is 0 Å². The molecule has 3 aromatic rings. The van der Waals surface area contributed by atoms with Gasteiger partial charge in [0.2, 0.25) is 5.78 Å². The van der Waals surface area contributed by atoms with Gasteiger partial charge in [0, 0.05) is 35.9 Å². The summed E-state index contributed by atoms with van der Waals surface area (Å²) in [6.07, 6.45) is 8.19. The van der Waals surface area contributed by atoms with E-state index in [0.717, 1.165) is 41.9 Å². The number of esters is 1. The summed E-state index contributed by atoms with van der Waals surface area (Å²) in [6.45, 7) is 4.38. The number of aryl methyl sites for hydroxylation is 2. The number of fused-ring (bicyclic) bond motifs is 1. The minimum atomic E-state index is -0.729. The smallest absolute Gasteiger partial charge is 0.359 e. The van der Waals surface area contributed by atoms with Gasteiger partial charge < -0.3 is 9.30 Å². The van der Waals surface area contributed by atoms with Gasteiger partial charge in [-0.25, -0.2) is 9.48 Å². The number of Topliss-reactive ketones (excluding diaryl/α,β-unsaturated/α-hetero) is 1. The second kappa shape index (κ2) is 9.57. The number of allylic oxidation sites excluding steroid dienone is 2. The molecule has 4 rings (SSSR count). The molecule has 2 aromatic heterocycles. The Balaban J connectivity index is 1.47. The summed E-state index contributed by atoms with van der Waals surface area (Å²) in [4.78, 5) is 37.9. The van der Waals surface area contributed by atoms with E-state index in [-0.39, 0.29) is 23.6 Å². The van der Waals surface area contributed by atoms with Crippen molar-refractivity contribution < 1.29 is 14.3 Å². The zero-order valence-corrected chi connectivity index (χ0v) is 19.4. The molecule has 2 heterocycles. The Bertz CT molecular complexity index is 1310. The van der Waals surface area contributed by atoms with Crippen LogP contribution in [0.1, 0.15) is 64.3 Å². The van der Waals surface area contributed by atoms with Gasteiger partial charge >= 0.3 is 5.97 Å². The Morgan fingerprint density at radius 1 is 1.12 bits per heavy atom. The molecule has 1 aromatic carbocycles. The molecule has 0 unspecified atom stereocenters. The maximum atomic E-state index is 12.9. The predicted octanol–water partition coefficient (Wildman–Crippen LogP) is 4.28. The van der Waals surface area contributed by atoms with Crippen molar-refractivity contribution in [3.8, 4) is 0 Å². The van der Waals surface area contributed by atoms with Crippen LogP contribution in [-0.4, -0.2) is 32.7 Å². The quantitative estimate of drug-likeness (QED) is 0.307. The topological polar surface area (TPSA) is 83.2 Å². The van der Waals surface area contributed by atoms with Crippen LogP contribution >= 0.6 is 0 Å². The van der Waals surface area contributed by atoms with Crippen molar-refractivity contribution >= 4 is 22.5 Å². The van der Waals surface area contributed by atoms with Gasteiger partial charge in [-0.3, -0.25) is 9.59 Å². The largest absolute Gasteiger partial charge is 0.452 e. The summed E-state index contributed by atoms with van der Waals surface area (Å²) in [7, 11) is 1.48. The summed E-state index contributed by atoms with van der Waals surface area (Å²) in [5.74, 6) is -0.984. The third kappa shape index (κ3) is 4.67. The molecule has 0 radical (unpaired) electrons. The highest BCUT2D eigenvalue weighted by Crippen LogP contribution is 2.23. The van der Waals surface area contributed by atoms with Crippen molar-refractivity contribution in [3.63, 3.8) is 0 Å². The van der Waals surface area contributed by atoms with Gasteiger partial charge in [0.25, 0.3) is 5.56 Å². The second-order valence-corrected chi connectivity index (χ2v) is 8.62. The van der Waals surface area contributed by atoms with Crippen molar-refractivity contribution in [1.82, 2.24) is 14.3 Å². The number of nitrogens with zero attached hydrogens (tertiary/aromatic N) is 3. The molecule has 0 aliphatic heterocycles. The standard InChI is InChI=1S/C26H29N3O4/c1-17-15-22(18(2)29(17)14-13-19-9-5-4-6-10-19)23(30)16-33-26(32)24-20-11-7-8-12-21(20)25(31)28(3)27-24/h7-9,11-12,15H,4-6,10,13-14,16H2,1-3H3. The molecule has 0 amide bonds. The highest BCUT2D eigenvalue weighted by molar-refractivity contribution is 6.04. The third-order valence-corrected chi connectivity index (χ3v) is 6.40. The normalized spacial score (nSPS) is 13.7. The lowest BCUT2D eigenvalue weighted by molar-refractivity contribution is 0.0468. The van der Waals surface area contributed by atoms with Crippen molar-refractivity contribution in [2.75, 3.05) is 6.61 Å². The molecule has 1 aliphatic carbocycles. The monoisotopic (exact) mass is 447 g/mol. The lowest BCUT2D eigenvalue weighted by Crippen LogP contribution is -2.24. The van der Waals surface area contributed by atoms with Gasteiger partial charge in [0.05, 0.1) is 5.39 Å². The summed E-state index contributed by atoms with van der Waals surface area (Å²) in [5, 5.41) is 4.85. The first-order chi connectivity index (χ1) is 15.9. The van der Waals surface area contributed by atoms with Gasteiger partial charge in [-0.15, -0.1) is 0 Å².